The van der Waals surface area contributed by atoms with Crippen molar-refractivity contribution in [2.45, 2.75) is 43.8 Å². The molecule has 0 aromatic rings. The normalized spacial score (nSPS) is 26.8. The lowest BCUT2D eigenvalue weighted by Gasteiger charge is -2.31. The second kappa shape index (κ2) is 6.52. The zero-order valence-electron chi connectivity index (χ0n) is 10.8. The van der Waals surface area contributed by atoms with E-state index in [0.29, 0.717) is 32.2 Å². The van der Waals surface area contributed by atoms with Crippen LogP contribution in [-0.4, -0.2) is 37.5 Å². The van der Waals surface area contributed by atoms with Gasteiger partial charge in [-0.2, -0.15) is 0 Å². The van der Waals surface area contributed by atoms with E-state index in [1.54, 1.807) is 0 Å². The van der Waals surface area contributed by atoms with Gasteiger partial charge in [-0.25, -0.2) is 8.42 Å². The molecule has 1 aliphatic carbocycles. The van der Waals surface area contributed by atoms with Gasteiger partial charge in [-0.15, -0.1) is 0 Å². The maximum absolute atomic E-state index is 11.6. The van der Waals surface area contributed by atoms with E-state index in [2.05, 4.69) is 0 Å². The van der Waals surface area contributed by atoms with E-state index < -0.39 is 21.7 Å². The number of nitrogens with two attached hydrogens (primary N) is 1. The van der Waals surface area contributed by atoms with Gasteiger partial charge in [0.05, 0.1) is 11.2 Å². The molecule has 1 rings (SSSR count). The van der Waals surface area contributed by atoms with Crippen LogP contribution in [-0.2, 0) is 14.6 Å². The Balaban J connectivity index is 2.70. The molecule has 1 fully saturated rings. The van der Waals surface area contributed by atoms with Gasteiger partial charge in [0, 0.05) is 6.26 Å². The van der Waals surface area contributed by atoms with Crippen molar-refractivity contribution in [3.05, 3.63) is 0 Å². The van der Waals surface area contributed by atoms with Gasteiger partial charge < -0.3 is 10.8 Å². The SMILES string of the molecule is CS(=O)(=O)C1CCCC(C(CCCN)C(=O)O)C1. The molecule has 3 unspecified atom stereocenters. The van der Waals surface area contributed by atoms with Crippen LogP contribution in [0, 0.1) is 11.8 Å². The molecule has 3 N–H and O–H groups in total. The molecule has 5 nitrogen and oxygen atoms in total. The standard InChI is InChI=1S/C12H23NO4S/c1-18(16,17)10-5-2-4-9(8-10)11(12(14)15)6-3-7-13/h9-11H,2-8,13H2,1H3,(H,14,15). The summed E-state index contributed by atoms with van der Waals surface area (Å²) in [5.41, 5.74) is 5.41. The first-order valence-electron chi connectivity index (χ1n) is 6.48. The van der Waals surface area contributed by atoms with E-state index >= 15 is 0 Å². The molecule has 18 heavy (non-hydrogen) atoms. The highest BCUT2D eigenvalue weighted by Crippen LogP contribution is 2.35. The third kappa shape index (κ3) is 4.24. The molecule has 0 heterocycles. The van der Waals surface area contributed by atoms with Crippen LogP contribution in [0.3, 0.4) is 0 Å². The highest BCUT2D eigenvalue weighted by atomic mass is 32.2. The van der Waals surface area contributed by atoms with Crippen LogP contribution in [0.1, 0.15) is 38.5 Å². The molecule has 6 heteroatoms. The summed E-state index contributed by atoms with van der Waals surface area (Å²) in [6, 6.07) is 0. The van der Waals surface area contributed by atoms with Crippen LogP contribution < -0.4 is 5.73 Å². The van der Waals surface area contributed by atoms with Crippen LogP contribution >= 0.6 is 0 Å². The molecule has 0 aromatic heterocycles. The Morgan fingerprint density at radius 2 is 2.11 bits per heavy atom. The average Bonchev–Trinajstić information content (AvgIpc) is 2.28. The smallest absolute Gasteiger partial charge is 0.306 e. The zero-order valence-corrected chi connectivity index (χ0v) is 11.7. The van der Waals surface area contributed by atoms with Crippen LogP contribution in [0.2, 0.25) is 0 Å². The van der Waals surface area contributed by atoms with E-state index in [-0.39, 0.29) is 11.2 Å². The first kappa shape index (κ1) is 15.4. The van der Waals surface area contributed by atoms with E-state index in [1.807, 2.05) is 0 Å². The maximum atomic E-state index is 11.6. The molecule has 0 bridgehead atoms. The molecular formula is C12H23NO4S. The topological polar surface area (TPSA) is 97.5 Å². The van der Waals surface area contributed by atoms with Crippen LogP contribution in [0.4, 0.5) is 0 Å². The molecule has 106 valence electrons. The number of carbonyl (C=O) groups is 1. The largest absolute Gasteiger partial charge is 0.481 e. The second-order valence-corrected chi connectivity index (χ2v) is 7.58. The van der Waals surface area contributed by atoms with Crippen molar-refractivity contribution in [2.24, 2.45) is 17.6 Å². The fourth-order valence-corrected chi connectivity index (χ4v) is 4.03. The summed E-state index contributed by atoms with van der Waals surface area (Å²) < 4.78 is 23.1. The van der Waals surface area contributed by atoms with Crippen LogP contribution in [0.5, 0.6) is 0 Å². The molecule has 1 saturated carbocycles. The first-order chi connectivity index (χ1) is 8.36. The summed E-state index contributed by atoms with van der Waals surface area (Å²) in [4.78, 5) is 11.3. The fourth-order valence-electron chi connectivity index (χ4n) is 2.83. The minimum atomic E-state index is -3.06. The number of carboxylic acids is 1. The van der Waals surface area contributed by atoms with E-state index in [9.17, 15) is 18.3 Å². The van der Waals surface area contributed by atoms with Gasteiger partial charge in [0.1, 0.15) is 9.84 Å². The lowest BCUT2D eigenvalue weighted by molar-refractivity contribution is -0.144. The molecule has 0 spiro atoms. The molecule has 1 aliphatic rings. The summed E-state index contributed by atoms with van der Waals surface area (Å²) in [6.07, 6.45) is 5.24. The predicted octanol–water partition coefficient (Wildman–Crippen LogP) is 1.03. The van der Waals surface area contributed by atoms with Gasteiger partial charge in [0.15, 0.2) is 0 Å². The Morgan fingerprint density at radius 1 is 1.44 bits per heavy atom. The van der Waals surface area contributed by atoms with Crippen molar-refractivity contribution >= 4 is 15.8 Å². The van der Waals surface area contributed by atoms with Gasteiger partial charge in [0.25, 0.3) is 0 Å². The summed E-state index contributed by atoms with van der Waals surface area (Å²) in [7, 11) is -3.06. The van der Waals surface area contributed by atoms with Crippen molar-refractivity contribution in [3.63, 3.8) is 0 Å². The van der Waals surface area contributed by atoms with Gasteiger partial charge in [0.2, 0.25) is 0 Å². The molecule has 0 aliphatic heterocycles. The maximum Gasteiger partial charge on any atom is 0.306 e. The molecule has 0 saturated heterocycles. The summed E-state index contributed by atoms with van der Waals surface area (Å²) >= 11 is 0. The number of carboxylic acid groups (broad SMARTS) is 1. The minimum absolute atomic E-state index is 0.0254. The lowest BCUT2D eigenvalue weighted by atomic mass is 9.78. The molecule has 0 aromatic carbocycles. The minimum Gasteiger partial charge on any atom is -0.481 e. The van der Waals surface area contributed by atoms with E-state index in [1.165, 1.54) is 6.26 Å². The Hall–Kier alpha value is -0.620. The van der Waals surface area contributed by atoms with Crippen molar-refractivity contribution < 1.29 is 18.3 Å². The third-order valence-corrected chi connectivity index (χ3v) is 5.52. The van der Waals surface area contributed by atoms with E-state index in [4.69, 9.17) is 5.73 Å². The molecular weight excluding hydrogens is 254 g/mol. The van der Waals surface area contributed by atoms with Crippen molar-refractivity contribution in [1.29, 1.82) is 0 Å². The Labute approximate surface area is 109 Å². The number of rotatable bonds is 6. The van der Waals surface area contributed by atoms with Gasteiger partial charge in [-0.1, -0.05) is 6.42 Å². The van der Waals surface area contributed by atoms with Crippen LogP contribution in [0.25, 0.3) is 0 Å². The highest BCUT2D eigenvalue weighted by Gasteiger charge is 2.35. The summed E-state index contributed by atoms with van der Waals surface area (Å²) in [5, 5.41) is 8.89. The van der Waals surface area contributed by atoms with Crippen LogP contribution in [0.15, 0.2) is 0 Å². The summed E-state index contributed by atoms with van der Waals surface area (Å²) in [5.74, 6) is -1.29. The average molecular weight is 277 g/mol. The quantitative estimate of drug-likeness (QED) is 0.755. The number of hydrogen-bond donors (Lipinski definition) is 2. The number of aliphatic carboxylic acids is 1. The third-order valence-electron chi connectivity index (χ3n) is 3.88. The Morgan fingerprint density at radius 3 is 2.61 bits per heavy atom. The van der Waals surface area contributed by atoms with Gasteiger partial charge in [-0.3, -0.25) is 4.79 Å². The van der Waals surface area contributed by atoms with Gasteiger partial charge >= 0.3 is 5.97 Å². The molecule has 0 amide bonds. The number of hydrogen-bond acceptors (Lipinski definition) is 4. The zero-order chi connectivity index (χ0) is 13.8. The Bertz CT molecular complexity index is 380. The Kier molecular flexibility index (Phi) is 5.59. The second-order valence-electron chi connectivity index (χ2n) is 5.25. The number of sulfone groups is 1. The van der Waals surface area contributed by atoms with Crippen molar-refractivity contribution in [1.82, 2.24) is 0 Å². The van der Waals surface area contributed by atoms with Crippen molar-refractivity contribution in [3.8, 4) is 0 Å². The fraction of sp³-hybridized carbons (Fsp3) is 0.917. The summed E-state index contributed by atoms with van der Waals surface area (Å²) in [6.45, 7) is 0.478. The highest BCUT2D eigenvalue weighted by molar-refractivity contribution is 7.91. The van der Waals surface area contributed by atoms with Gasteiger partial charge in [-0.05, 0) is 44.6 Å². The molecule has 0 radical (unpaired) electrons. The van der Waals surface area contributed by atoms with E-state index in [0.717, 1.165) is 12.8 Å². The predicted molar refractivity (Wildman–Crippen MR) is 70.0 cm³/mol. The van der Waals surface area contributed by atoms with Crippen molar-refractivity contribution in [2.75, 3.05) is 12.8 Å². The first-order valence-corrected chi connectivity index (χ1v) is 8.43. The molecule has 3 atom stereocenters. The lowest BCUT2D eigenvalue weighted by Crippen LogP contribution is -2.34. The monoisotopic (exact) mass is 277 g/mol.